The van der Waals surface area contributed by atoms with Crippen LogP contribution >= 0.6 is 11.3 Å². The molecule has 1 aromatic heterocycles. The first-order valence-electron chi connectivity index (χ1n) is 6.44. The minimum Gasteiger partial charge on any atom is -0.388 e. The molecule has 2 unspecified atom stereocenters. The number of fused-ring (bicyclic) bond motifs is 1. The summed E-state index contributed by atoms with van der Waals surface area (Å²) in [5.41, 5.74) is 2.95. The van der Waals surface area contributed by atoms with E-state index in [4.69, 9.17) is 0 Å². The average Bonchev–Trinajstić information content (AvgIpc) is 2.88. The van der Waals surface area contributed by atoms with E-state index in [2.05, 4.69) is 29.2 Å². The SMILES string of the molecule is CC(O)c1cnc(C2CCc3ccccc3C2)s1. The molecule has 0 fully saturated rings. The zero-order valence-electron chi connectivity index (χ0n) is 10.5. The molecule has 1 heterocycles. The molecule has 1 aliphatic carbocycles. The van der Waals surface area contributed by atoms with Gasteiger partial charge in [0, 0.05) is 12.1 Å². The summed E-state index contributed by atoms with van der Waals surface area (Å²) in [6.07, 6.45) is 4.83. The van der Waals surface area contributed by atoms with Gasteiger partial charge in [-0.1, -0.05) is 24.3 Å². The Labute approximate surface area is 111 Å². The van der Waals surface area contributed by atoms with Gasteiger partial charge in [-0.15, -0.1) is 11.3 Å². The third-order valence-electron chi connectivity index (χ3n) is 3.65. The number of nitrogens with zero attached hydrogens (tertiary/aromatic N) is 1. The van der Waals surface area contributed by atoms with E-state index in [1.54, 1.807) is 18.3 Å². The van der Waals surface area contributed by atoms with E-state index in [9.17, 15) is 5.11 Å². The van der Waals surface area contributed by atoms with Crippen LogP contribution in [-0.4, -0.2) is 10.1 Å². The Kier molecular flexibility index (Phi) is 3.18. The normalized spacial score (nSPS) is 20.4. The summed E-state index contributed by atoms with van der Waals surface area (Å²) in [5.74, 6) is 0.525. The van der Waals surface area contributed by atoms with Gasteiger partial charge < -0.3 is 5.11 Å². The maximum absolute atomic E-state index is 9.56. The van der Waals surface area contributed by atoms with Crippen LogP contribution < -0.4 is 0 Å². The Morgan fingerprint density at radius 3 is 2.83 bits per heavy atom. The molecule has 0 aliphatic heterocycles. The van der Waals surface area contributed by atoms with Gasteiger partial charge in [-0.05, 0) is 37.3 Å². The number of aryl methyl sites for hydroxylation is 1. The highest BCUT2D eigenvalue weighted by molar-refractivity contribution is 7.11. The molecule has 0 saturated heterocycles. The summed E-state index contributed by atoms with van der Waals surface area (Å²) < 4.78 is 0. The summed E-state index contributed by atoms with van der Waals surface area (Å²) in [6, 6.07) is 8.69. The smallest absolute Gasteiger partial charge is 0.0963 e. The predicted octanol–water partition coefficient (Wildman–Crippen LogP) is 3.47. The number of benzene rings is 1. The molecule has 2 nitrogen and oxygen atoms in total. The Morgan fingerprint density at radius 1 is 1.33 bits per heavy atom. The first-order chi connectivity index (χ1) is 8.74. The van der Waals surface area contributed by atoms with Gasteiger partial charge in [-0.25, -0.2) is 4.98 Å². The number of hydrogen-bond donors (Lipinski definition) is 1. The van der Waals surface area contributed by atoms with Crippen molar-refractivity contribution in [1.29, 1.82) is 0 Å². The van der Waals surface area contributed by atoms with Crippen molar-refractivity contribution < 1.29 is 5.11 Å². The average molecular weight is 259 g/mol. The van der Waals surface area contributed by atoms with Crippen LogP contribution in [0.4, 0.5) is 0 Å². The molecule has 0 radical (unpaired) electrons. The number of thiazole rings is 1. The van der Waals surface area contributed by atoms with Crippen molar-refractivity contribution in [3.8, 4) is 0 Å². The van der Waals surface area contributed by atoms with Gasteiger partial charge >= 0.3 is 0 Å². The predicted molar refractivity (Wildman–Crippen MR) is 74.0 cm³/mol. The molecule has 2 aromatic rings. The van der Waals surface area contributed by atoms with Gasteiger partial charge in [-0.2, -0.15) is 0 Å². The van der Waals surface area contributed by atoms with Crippen molar-refractivity contribution in [3.05, 3.63) is 51.5 Å². The van der Waals surface area contributed by atoms with Crippen LogP contribution in [0.3, 0.4) is 0 Å². The number of hydrogen-bond acceptors (Lipinski definition) is 3. The molecule has 18 heavy (non-hydrogen) atoms. The van der Waals surface area contributed by atoms with Gasteiger partial charge in [0.2, 0.25) is 0 Å². The summed E-state index contributed by atoms with van der Waals surface area (Å²) in [7, 11) is 0. The quantitative estimate of drug-likeness (QED) is 0.896. The Bertz CT molecular complexity index is 547. The summed E-state index contributed by atoms with van der Waals surface area (Å²) in [6.45, 7) is 1.80. The molecule has 0 amide bonds. The van der Waals surface area contributed by atoms with Crippen molar-refractivity contribution in [1.82, 2.24) is 4.98 Å². The van der Waals surface area contributed by atoms with Gasteiger partial charge in [0.05, 0.1) is 16.0 Å². The van der Waals surface area contributed by atoms with E-state index in [0.717, 1.165) is 17.7 Å². The second-order valence-electron chi connectivity index (χ2n) is 4.99. The van der Waals surface area contributed by atoms with Crippen LogP contribution in [0.25, 0.3) is 0 Å². The third-order valence-corrected chi connectivity index (χ3v) is 4.98. The topological polar surface area (TPSA) is 33.1 Å². The van der Waals surface area contributed by atoms with E-state index in [1.807, 2.05) is 6.20 Å². The first-order valence-corrected chi connectivity index (χ1v) is 7.26. The minimum atomic E-state index is -0.396. The van der Waals surface area contributed by atoms with Crippen LogP contribution in [0.2, 0.25) is 0 Å². The Hall–Kier alpha value is -1.19. The first kappa shape index (κ1) is 11.9. The minimum absolute atomic E-state index is 0.396. The number of aliphatic hydroxyl groups excluding tert-OH is 1. The lowest BCUT2D eigenvalue weighted by atomic mass is 9.84. The van der Waals surface area contributed by atoms with Crippen molar-refractivity contribution in [2.75, 3.05) is 0 Å². The maximum Gasteiger partial charge on any atom is 0.0963 e. The molecule has 1 aromatic carbocycles. The lowest BCUT2D eigenvalue weighted by Gasteiger charge is -2.22. The van der Waals surface area contributed by atoms with E-state index >= 15 is 0 Å². The van der Waals surface area contributed by atoms with E-state index < -0.39 is 6.10 Å². The monoisotopic (exact) mass is 259 g/mol. The zero-order valence-corrected chi connectivity index (χ0v) is 11.3. The highest BCUT2D eigenvalue weighted by Gasteiger charge is 2.22. The van der Waals surface area contributed by atoms with Crippen LogP contribution in [0.5, 0.6) is 0 Å². The summed E-state index contributed by atoms with van der Waals surface area (Å²) in [5, 5.41) is 10.7. The Morgan fingerprint density at radius 2 is 2.11 bits per heavy atom. The number of aliphatic hydroxyl groups is 1. The van der Waals surface area contributed by atoms with E-state index in [1.165, 1.54) is 22.6 Å². The highest BCUT2D eigenvalue weighted by Crippen LogP contribution is 2.35. The largest absolute Gasteiger partial charge is 0.388 e. The molecule has 1 N–H and O–H groups in total. The molecular weight excluding hydrogens is 242 g/mol. The molecule has 1 aliphatic rings. The van der Waals surface area contributed by atoms with Gasteiger partial charge in [0.15, 0.2) is 0 Å². The molecule has 0 bridgehead atoms. The van der Waals surface area contributed by atoms with Crippen LogP contribution in [0.1, 0.15) is 46.4 Å². The fraction of sp³-hybridized carbons (Fsp3) is 0.400. The van der Waals surface area contributed by atoms with Crippen molar-refractivity contribution >= 4 is 11.3 Å². The van der Waals surface area contributed by atoms with Crippen LogP contribution in [0, 0.1) is 0 Å². The van der Waals surface area contributed by atoms with Crippen LogP contribution in [0.15, 0.2) is 30.5 Å². The maximum atomic E-state index is 9.56. The fourth-order valence-corrected chi connectivity index (χ4v) is 3.58. The molecule has 3 rings (SSSR count). The second-order valence-corrected chi connectivity index (χ2v) is 6.08. The molecular formula is C15H17NOS. The molecule has 94 valence electrons. The highest BCUT2D eigenvalue weighted by atomic mass is 32.1. The number of rotatable bonds is 2. The zero-order chi connectivity index (χ0) is 12.5. The molecule has 3 heteroatoms. The number of aromatic nitrogens is 1. The van der Waals surface area contributed by atoms with Crippen molar-refractivity contribution in [3.63, 3.8) is 0 Å². The van der Waals surface area contributed by atoms with E-state index in [-0.39, 0.29) is 0 Å². The van der Waals surface area contributed by atoms with Crippen molar-refractivity contribution in [2.45, 2.75) is 38.2 Å². The lowest BCUT2D eigenvalue weighted by Crippen LogP contribution is -2.12. The summed E-state index contributed by atoms with van der Waals surface area (Å²) >= 11 is 1.66. The molecule has 0 saturated carbocycles. The van der Waals surface area contributed by atoms with Gasteiger partial charge in [0.25, 0.3) is 0 Å². The van der Waals surface area contributed by atoms with Gasteiger partial charge in [-0.3, -0.25) is 0 Å². The van der Waals surface area contributed by atoms with Gasteiger partial charge in [0.1, 0.15) is 0 Å². The van der Waals surface area contributed by atoms with E-state index in [0.29, 0.717) is 5.92 Å². The van der Waals surface area contributed by atoms with Crippen LogP contribution in [-0.2, 0) is 12.8 Å². The lowest BCUT2D eigenvalue weighted by molar-refractivity contribution is 0.203. The fourth-order valence-electron chi connectivity index (χ4n) is 2.59. The Balaban J connectivity index is 1.83. The second kappa shape index (κ2) is 4.82. The molecule has 2 atom stereocenters. The standard InChI is InChI=1S/C15H17NOS/c1-10(17)14-9-16-15(18-14)13-7-6-11-4-2-3-5-12(11)8-13/h2-5,9-10,13,17H,6-8H2,1H3. The van der Waals surface area contributed by atoms with Crippen molar-refractivity contribution in [2.24, 2.45) is 0 Å². The third kappa shape index (κ3) is 2.20. The summed E-state index contributed by atoms with van der Waals surface area (Å²) in [4.78, 5) is 5.47. The molecule has 0 spiro atoms.